The molecule has 0 saturated heterocycles. The standard InChI is InChI=1S/C11H9N3O2/c15-11(16)10-12-5-7-4-6-2-1-3-8(6)13-9(7)14-10/h4-5H,1-3H2,(H,15,16). The first-order chi connectivity index (χ1) is 7.74. The fourth-order valence-corrected chi connectivity index (χ4v) is 2.03. The third kappa shape index (κ3) is 1.32. The largest absolute Gasteiger partial charge is 0.475 e. The predicted octanol–water partition coefficient (Wildman–Crippen LogP) is 1.21. The molecule has 0 bridgehead atoms. The third-order valence-corrected chi connectivity index (χ3v) is 2.79. The molecule has 3 rings (SSSR count). The SMILES string of the molecule is O=C(O)c1ncc2cc3c(nc2n1)CCC3. The average Bonchev–Trinajstić information content (AvgIpc) is 2.71. The summed E-state index contributed by atoms with van der Waals surface area (Å²) >= 11 is 0. The molecular formula is C11H9N3O2. The second-order valence-corrected chi connectivity index (χ2v) is 3.86. The van der Waals surface area contributed by atoms with E-state index in [0.29, 0.717) is 5.65 Å². The lowest BCUT2D eigenvalue weighted by molar-refractivity contribution is 0.0684. The van der Waals surface area contributed by atoms with Crippen molar-refractivity contribution in [1.29, 1.82) is 0 Å². The first-order valence-corrected chi connectivity index (χ1v) is 5.13. The molecule has 0 atom stereocenters. The molecule has 16 heavy (non-hydrogen) atoms. The van der Waals surface area contributed by atoms with Crippen LogP contribution in [0.2, 0.25) is 0 Å². The van der Waals surface area contributed by atoms with Crippen LogP contribution >= 0.6 is 0 Å². The fraction of sp³-hybridized carbons (Fsp3) is 0.273. The minimum absolute atomic E-state index is 0.196. The second kappa shape index (κ2) is 3.23. The van der Waals surface area contributed by atoms with Gasteiger partial charge in [0.2, 0.25) is 5.82 Å². The summed E-state index contributed by atoms with van der Waals surface area (Å²) in [7, 11) is 0. The maximum absolute atomic E-state index is 10.7. The Bertz CT molecular complexity index is 595. The molecule has 0 aliphatic heterocycles. The third-order valence-electron chi connectivity index (χ3n) is 2.79. The second-order valence-electron chi connectivity index (χ2n) is 3.86. The molecule has 5 nitrogen and oxygen atoms in total. The van der Waals surface area contributed by atoms with Crippen molar-refractivity contribution >= 4 is 17.0 Å². The Morgan fingerprint density at radius 2 is 2.19 bits per heavy atom. The number of fused-ring (bicyclic) bond motifs is 2. The van der Waals surface area contributed by atoms with Gasteiger partial charge in [0.25, 0.3) is 0 Å². The van der Waals surface area contributed by atoms with Gasteiger partial charge in [-0.05, 0) is 30.9 Å². The molecule has 2 aromatic rings. The van der Waals surface area contributed by atoms with E-state index >= 15 is 0 Å². The van der Waals surface area contributed by atoms with E-state index in [9.17, 15) is 4.79 Å². The van der Waals surface area contributed by atoms with Crippen molar-refractivity contribution in [2.75, 3.05) is 0 Å². The minimum atomic E-state index is -1.12. The molecule has 0 fully saturated rings. The van der Waals surface area contributed by atoms with Gasteiger partial charge in [-0.1, -0.05) is 0 Å². The average molecular weight is 215 g/mol. The molecule has 0 amide bonds. The highest BCUT2D eigenvalue weighted by Crippen LogP contribution is 2.23. The fourth-order valence-electron chi connectivity index (χ4n) is 2.03. The number of carboxylic acid groups (broad SMARTS) is 1. The number of carboxylic acids is 1. The van der Waals surface area contributed by atoms with Gasteiger partial charge in [-0.25, -0.2) is 19.7 Å². The Labute approximate surface area is 91.2 Å². The zero-order chi connectivity index (χ0) is 11.1. The van der Waals surface area contributed by atoms with E-state index in [1.807, 2.05) is 6.07 Å². The van der Waals surface area contributed by atoms with Crippen molar-refractivity contribution in [3.63, 3.8) is 0 Å². The Morgan fingerprint density at radius 3 is 3.00 bits per heavy atom. The Kier molecular flexibility index (Phi) is 1.86. The molecule has 0 saturated carbocycles. The van der Waals surface area contributed by atoms with E-state index < -0.39 is 5.97 Å². The van der Waals surface area contributed by atoms with Crippen LogP contribution in [0.25, 0.3) is 11.0 Å². The quantitative estimate of drug-likeness (QED) is 0.773. The number of aryl methyl sites for hydroxylation is 2. The van der Waals surface area contributed by atoms with Crippen molar-refractivity contribution in [1.82, 2.24) is 15.0 Å². The molecule has 2 heterocycles. The van der Waals surface area contributed by atoms with Crippen LogP contribution in [-0.4, -0.2) is 26.0 Å². The lowest BCUT2D eigenvalue weighted by Crippen LogP contribution is -2.05. The number of hydrogen-bond donors (Lipinski definition) is 1. The van der Waals surface area contributed by atoms with Gasteiger partial charge >= 0.3 is 5.97 Å². The molecule has 0 unspecified atom stereocenters. The molecule has 2 aromatic heterocycles. The van der Waals surface area contributed by atoms with Crippen LogP contribution < -0.4 is 0 Å². The van der Waals surface area contributed by atoms with Gasteiger partial charge in [-0.2, -0.15) is 0 Å². The van der Waals surface area contributed by atoms with Gasteiger partial charge in [0, 0.05) is 17.3 Å². The number of nitrogens with zero attached hydrogens (tertiary/aromatic N) is 3. The van der Waals surface area contributed by atoms with Crippen molar-refractivity contribution in [2.45, 2.75) is 19.3 Å². The molecule has 1 aliphatic carbocycles. The molecule has 0 spiro atoms. The van der Waals surface area contributed by atoms with Gasteiger partial charge in [0.05, 0.1) is 0 Å². The molecule has 80 valence electrons. The van der Waals surface area contributed by atoms with Crippen LogP contribution in [0.4, 0.5) is 0 Å². The maximum Gasteiger partial charge on any atom is 0.374 e. The zero-order valence-corrected chi connectivity index (χ0v) is 8.47. The highest BCUT2D eigenvalue weighted by atomic mass is 16.4. The van der Waals surface area contributed by atoms with Crippen LogP contribution in [0, 0.1) is 0 Å². The van der Waals surface area contributed by atoms with Crippen molar-refractivity contribution in [2.24, 2.45) is 0 Å². The van der Waals surface area contributed by atoms with E-state index in [1.54, 1.807) is 0 Å². The Morgan fingerprint density at radius 1 is 1.31 bits per heavy atom. The number of aromatic carboxylic acids is 1. The maximum atomic E-state index is 10.7. The summed E-state index contributed by atoms with van der Waals surface area (Å²) < 4.78 is 0. The van der Waals surface area contributed by atoms with Crippen LogP contribution in [0.5, 0.6) is 0 Å². The summed E-state index contributed by atoms with van der Waals surface area (Å²) in [6, 6.07) is 2.01. The summed E-state index contributed by atoms with van der Waals surface area (Å²) in [6.45, 7) is 0. The molecule has 0 aromatic carbocycles. The summed E-state index contributed by atoms with van der Waals surface area (Å²) in [5, 5.41) is 9.60. The van der Waals surface area contributed by atoms with Crippen LogP contribution in [0.15, 0.2) is 12.3 Å². The first-order valence-electron chi connectivity index (χ1n) is 5.13. The van der Waals surface area contributed by atoms with E-state index in [-0.39, 0.29) is 5.82 Å². The van der Waals surface area contributed by atoms with Crippen molar-refractivity contribution in [3.8, 4) is 0 Å². The highest BCUT2D eigenvalue weighted by molar-refractivity contribution is 5.86. The Hall–Kier alpha value is -2.04. The van der Waals surface area contributed by atoms with Gasteiger partial charge in [-0.3, -0.25) is 0 Å². The smallest absolute Gasteiger partial charge is 0.374 e. The minimum Gasteiger partial charge on any atom is -0.475 e. The molecule has 0 radical (unpaired) electrons. The first kappa shape index (κ1) is 9.21. The van der Waals surface area contributed by atoms with Crippen LogP contribution in [0.3, 0.4) is 0 Å². The molecular weight excluding hydrogens is 206 g/mol. The summed E-state index contributed by atoms with van der Waals surface area (Å²) in [5.74, 6) is -1.32. The van der Waals surface area contributed by atoms with Crippen LogP contribution in [0.1, 0.15) is 28.3 Å². The lowest BCUT2D eigenvalue weighted by atomic mass is 10.2. The molecule has 1 aliphatic rings. The summed E-state index contributed by atoms with van der Waals surface area (Å²) in [4.78, 5) is 22.8. The highest BCUT2D eigenvalue weighted by Gasteiger charge is 2.15. The number of rotatable bonds is 1. The number of hydrogen-bond acceptors (Lipinski definition) is 4. The normalized spacial score (nSPS) is 14.0. The van der Waals surface area contributed by atoms with Gasteiger partial charge in [-0.15, -0.1) is 0 Å². The monoisotopic (exact) mass is 215 g/mol. The number of carbonyl (C=O) groups is 1. The van der Waals surface area contributed by atoms with Crippen molar-refractivity contribution < 1.29 is 9.90 Å². The van der Waals surface area contributed by atoms with Gasteiger partial charge < -0.3 is 5.11 Å². The number of aromatic nitrogens is 3. The predicted molar refractivity (Wildman–Crippen MR) is 56.3 cm³/mol. The van der Waals surface area contributed by atoms with E-state index in [2.05, 4.69) is 15.0 Å². The van der Waals surface area contributed by atoms with Crippen molar-refractivity contribution in [3.05, 3.63) is 29.3 Å². The van der Waals surface area contributed by atoms with Crippen LogP contribution in [-0.2, 0) is 12.8 Å². The van der Waals surface area contributed by atoms with E-state index in [0.717, 1.165) is 30.3 Å². The molecule has 1 N–H and O–H groups in total. The van der Waals surface area contributed by atoms with Gasteiger partial charge in [0.1, 0.15) is 0 Å². The van der Waals surface area contributed by atoms with Gasteiger partial charge in [0.15, 0.2) is 5.65 Å². The zero-order valence-electron chi connectivity index (χ0n) is 8.47. The number of pyridine rings is 1. The van der Waals surface area contributed by atoms with E-state index in [4.69, 9.17) is 5.11 Å². The summed E-state index contributed by atoms with van der Waals surface area (Å²) in [5.41, 5.74) is 2.76. The lowest BCUT2D eigenvalue weighted by Gasteiger charge is -2.01. The Balaban J connectivity index is 2.24. The molecule has 5 heteroatoms. The summed E-state index contributed by atoms with van der Waals surface area (Å²) in [6.07, 6.45) is 4.63. The topological polar surface area (TPSA) is 76.0 Å². The van der Waals surface area contributed by atoms with E-state index in [1.165, 1.54) is 11.8 Å².